The van der Waals surface area contributed by atoms with Crippen molar-refractivity contribution in [3.63, 3.8) is 0 Å². The van der Waals surface area contributed by atoms with Crippen LogP contribution in [0.15, 0.2) is 48.5 Å². The Hall–Kier alpha value is -2.89. The Labute approximate surface area is 171 Å². The van der Waals surface area contributed by atoms with E-state index in [1.165, 1.54) is 6.07 Å². The van der Waals surface area contributed by atoms with Crippen molar-refractivity contribution in [3.8, 4) is 5.75 Å². The van der Waals surface area contributed by atoms with Crippen LogP contribution >= 0.6 is 0 Å². The number of ether oxygens (including phenoxy) is 1. The largest absolute Gasteiger partial charge is 0.497 e. The average molecular weight is 400 g/mol. The van der Waals surface area contributed by atoms with Gasteiger partial charge in [-0.15, -0.1) is 0 Å². The molecule has 0 saturated carbocycles. The lowest BCUT2D eigenvalue weighted by molar-refractivity contribution is -0.141. The first-order chi connectivity index (χ1) is 14.0. The summed E-state index contributed by atoms with van der Waals surface area (Å²) in [5.74, 6) is -0.186. The molecule has 1 N–H and O–H groups in total. The molecular formula is C23H29FN2O3. The Morgan fingerprint density at radius 3 is 2.38 bits per heavy atom. The maximum absolute atomic E-state index is 14.1. The number of benzene rings is 2. The van der Waals surface area contributed by atoms with Gasteiger partial charge in [0.1, 0.15) is 17.6 Å². The van der Waals surface area contributed by atoms with Gasteiger partial charge in [-0.2, -0.15) is 0 Å². The molecule has 1 atom stereocenters. The molecule has 0 aliphatic heterocycles. The summed E-state index contributed by atoms with van der Waals surface area (Å²) in [5.41, 5.74) is 1.19. The zero-order valence-electron chi connectivity index (χ0n) is 17.3. The SMILES string of the molecule is CCCNC(=O)[C@H](CC)N(Cc1ccc(OC)cc1)C(=O)Cc1ccccc1F. The number of amides is 2. The first kappa shape index (κ1) is 22.4. The van der Waals surface area contributed by atoms with Crippen LogP contribution < -0.4 is 10.1 Å². The van der Waals surface area contributed by atoms with E-state index in [9.17, 15) is 14.0 Å². The molecule has 0 bridgehead atoms. The zero-order chi connectivity index (χ0) is 21.2. The second kappa shape index (κ2) is 11.2. The fourth-order valence-electron chi connectivity index (χ4n) is 3.12. The summed E-state index contributed by atoms with van der Waals surface area (Å²) in [6, 6.07) is 12.9. The highest BCUT2D eigenvalue weighted by Gasteiger charge is 2.28. The highest BCUT2D eigenvalue weighted by molar-refractivity contribution is 5.88. The lowest BCUT2D eigenvalue weighted by Gasteiger charge is -2.31. The molecule has 0 fully saturated rings. The Morgan fingerprint density at radius 1 is 1.10 bits per heavy atom. The van der Waals surface area contributed by atoms with Gasteiger partial charge in [-0.3, -0.25) is 9.59 Å². The van der Waals surface area contributed by atoms with Gasteiger partial charge in [-0.05, 0) is 42.2 Å². The summed E-state index contributed by atoms with van der Waals surface area (Å²) in [6.07, 6.45) is 1.18. The third-order valence-corrected chi connectivity index (χ3v) is 4.75. The van der Waals surface area contributed by atoms with Crippen LogP contribution in [0.3, 0.4) is 0 Å². The number of rotatable bonds is 10. The zero-order valence-corrected chi connectivity index (χ0v) is 17.3. The topological polar surface area (TPSA) is 58.6 Å². The van der Waals surface area contributed by atoms with Crippen LogP contribution in [-0.4, -0.2) is 36.4 Å². The molecule has 2 rings (SSSR count). The van der Waals surface area contributed by atoms with Crippen LogP contribution in [0.25, 0.3) is 0 Å². The number of methoxy groups -OCH3 is 1. The van der Waals surface area contributed by atoms with Crippen LogP contribution in [0, 0.1) is 5.82 Å². The van der Waals surface area contributed by atoms with Crippen molar-refractivity contribution in [3.05, 3.63) is 65.5 Å². The third-order valence-electron chi connectivity index (χ3n) is 4.75. The highest BCUT2D eigenvalue weighted by atomic mass is 19.1. The van der Waals surface area contributed by atoms with E-state index in [0.29, 0.717) is 24.3 Å². The van der Waals surface area contributed by atoms with E-state index >= 15 is 0 Å². The lowest BCUT2D eigenvalue weighted by atomic mass is 10.1. The normalized spacial score (nSPS) is 11.6. The highest BCUT2D eigenvalue weighted by Crippen LogP contribution is 2.18. The molecular weight excluding hydrogens is 371 g/mol. The minimum Gasteiger partial charge on any atom is -0.497 e. The van der Waals surface area contributed by atoms with Crippen LogP contribution in [0.2, 0.25) is 0 Å². The van der Waals surface area contributed by atoms with Gasteiger partial charge < -0.3 is 15.0 Å². The van der Waals surface area contributed by atoms with Crippen molar-refractivity contribution in [2.75, 3.05) is 13.7 Å². The number of nitrogens with zero attached hydrogens (tertiary/aromatic N) is 1. The molecule has 0 saturated heterocycles. The molecule has 2 amide bonds. The van der Waals surface area contributed by atoms with Gasteiger partial charge in [0.15, 0.2) is 0 Å². The number of carbonyl (C=O) groups excluding carboxylic acids is 2. The van der Waals surface area contributed by atoms with Gasteiger partial charge in [-0.1, -0.05) is 44.2 Å². The first-order valence-corrected chi connectivity index (χ1v) is 9.93. The molecule has 2 aromatic carbocycles. The number of hydrogen-bond donors (Lipinski definition) is 1. The van der Waals surface area contributed by atoms with Gasteiger partial charge >= 0.3 is 0 Å². The first-order valence-electron chi connectivity index (χ1n) is 9.93. The predicted octanol–water partition coefficient (Wildman–Crippen LogP) is 3.71. The number of halogens is 1. The van der Waals surface area contributed by atoms with Gasteiger partial charge in [0.25, 0.3) is 0 Å². The Kier molecular flexibility index (Phi) is 8.65. The fourth-order valence-corrected chi connectivity index (χ4v) is 3.12. The standard InChI is InChI=1S/C23H29FN2O3/c1-4-14-25-23(28)21(5-2)26(16-17-10-12-19(29-3)13-11-17)22(27)15-18-8-6-7-9-20(18)24/h6-13,21H,4-5,14-16H2,1-3H3,(H,25,28)/t21-/m0/s1. The summed E-state index contributed by atoms with van der Waals surface area (Å²) in [7, 11) is 1.59. The maximum Gasteiger partial charge on any atom is 0.242 e. The summed E-state index contributed by atoms with van der Waals surface area (Å²) >= 11 is 0. The minimum atomic E-state index is -0.622. The molecule has 0 radical (unpaired) electrons. The Balaban J connectivity index is 2.27. The molecule has 0 aliphatic carbocycles. The molecule has 29 heavy (non-hydrogen) atoms. The monoisotopic (exact) mass is 400 g/mol. The van der Waals surface area contributed by atoms with Crippen molar-refractivity contribution in [2.24, 2.45) is 0 Å². The molecule has 0 aromatic heterocycles. The molecule has 6 heteroatoms. The quantitative estimate of drug-likeness (QED) is 0.661. The van der Waals surface area contributed by atoms with Crippen LogP contribution in [0.5, 0.6) is 5.75 Å². The van der Waals surface area contributed by atoms with Gasteiger partial charge in [0.2, 0.25) is 11.8 Å². The smallest absolute Gasteiger partial charge is 0.242 e. The van der Waals surface area contributed by atoms with Crippen molar-refractivity contribution in [1.29, 1.82) is 0 Å². The summed E-state index contributed by atoms with van der Waals surface area (Å²) in [5, 5.41) is 2.87. The third kappa shape index (κ3) is 6.31. The molecule has 0 heterocycles. The van der Waals surface area contributed by atoms with Crippen LogP contribution in [-0.2, 0) is 22.6 Å². The van der Waals surface area contributed by atoms with E-state index < -0.39 is 11.9 Å². The van der Waals surface area contributed by atoms with Gasteiger partial charge in [0.05, 0.1) is 13.5 Å². The van der Waals surface area contributed by atoms with Crippen molar-refractivity contribution in [1.82, 2.24) is 10.2 Å². The minimum absolute atomic E-state index is 0.0968. The van der Waals surface area contributed by atoms with E-state index in [-0.39, 0.29) is 24.8 Å². The number of nitrogens with one attached hydrogen (secondary N) is 1. The molecule has 2 aromatic rings. The molecule has 0 unspecified atom stereocenters. The molecule has 0 aliphatic rings. The predicted molar refractivity (Wildman–Crippen MR) is 111 cm³/mol. The van der Waals surface area contributed by atoms with Crippen LogP contribution in [0.4, 0.5) is 4.39 Å². The van der Waals surface area contributed by atoms with Gasteiger partial charge in [0, 0.05) is 13.1 Å². The Bertz CT molecular complexity index is 808. The van der Waals surface area contributed by atoms with E-state index in [1.54, 1.807) is 30.2 Å². The fraction of sp³-hybridized carbons (Fsp3) is 0.391. The van der Waals surface area contributed by atoms with Crippen molar-refractivity contribution >= 4 is 11.8 Å². The molecule has 0 spiro atoms. The van der Waals surface area contributed by atoms with E-state index in [1.807, 2.05) is 38.1 Å². The average Bonchev–Trinajstić information content (AvgIpc) is 2.74. The summed E-state index contributed by atoms with van der Waals surface area (Å²) in [4.78, 5) is 27.4. The number of carbonyl (C=O) groups is 2. The summed E-state index contributed by atoms with van der Waals surface area (Å²) in [6.45, 7) is 4.65. The van der Waals surface area contributed by atoms with Crippen molar-refractivity contribution < 1.29 is 18.7 Å². The van der Waals surface area contributed by atoms with Gasteiger partial charge in [-0.25, -0.2) is 4.39 Å². The maximum atomic E-state index is 14.1. The van der Waals surface area contributed by atoms with E-state index in [0.717, 1.165) is 12.0 Å². The lowest BCUT2D eigenvalue weighted by Crippen LogP contribution is -2.49. The second-order valence-corrected chi connectivity index (χ2v) is 6.85. The number of hydrogen-bond acceptors (Lipinski definition) is 3. The molecule has 5 nitrogen and oxygen atoms in total. The summed E-state index contributed by atoms with van der Waals surface area (Å²) < 4.78 is 19.2. The second-order valence-electron chi connectivity index (χ2n) is 6.85. The Morgan fingerprint density at radius 2 is 1.79 bits per heavy atom. The van der Waals surface area contributed by atoms with E-state index in [4.69, 9.17) is 4.74 Å². The molecule has 156 valence electrons. The van der Waals surface area contributed by atoms with Crippen LogP contribution in [0.1, 0.15) is 37.8 Å². The van der Waals surface area contributed by atoms with Crippen molar-refractivity contribution in [2.45, 2.75) is 45.7 Å². The van der Waals surface area contributed by atoms with E-state index in [2.05, 4.69) is 5.32 Å².